The van der Waals surface area contributed by atoms with Crippen molar-refractivity contribution in [1.29, 1.82) is 0 Å². The highest BCUT2D eigenvalue weighted by atomic mass is 16.7. The van der Waals surface area contributed by atoms with Gasteiger partial charge in [0.05, 0.1) is 30.4 Å². The number of amides is 2. The lowest BCUT2D eigenvalue weighted by Crippen LogP contribution is -2.33. The highest BCUT2D eigenvalue weighted by Crippen LogP contribution is 2.40. The standard InChI is InChI=1S/C20H17N3O7/c1-10-13(5-4-6-14(10)23(26)27)22-19(24)16-17(21-30-18(16)20(22)25)12-9-11(28-2)7-8-15(12)29-3/h4-9,16,18H,1-3H3/t16-,18-/m0/s1. The van der Waals surface area contributed by atoms with E-state index in [1.54, 1.807) is 18.2 Å². The minimum atomic E-state index is -1.15. The fourth-order valence-electron chi connectivity index (χ4n) is 3.70. The SMILES string of the molecule is COc1ccc(OC)c(C2=NO[C@@H]3C(=O)N(c4cccc([N+](=O)[O-])c4C)C(=O)[C@@H]23)c1. The molecule has 0 radical (unpaired) electrons. The van der Waals surface area contributed by atoms with Gasteiger partial charge in [-0.15, -0.1) is 0 Å². The molecule has 0 spiro atoms. The van der Waals surface area contributed by atoms with Gasteiger partial charge in [-0.05, 0) is 31.2 Å². The van der Waals surface area contributed by atoms with Crippen LogP contribution in [0.25, 0.3) is 0 Å². The minimum Gasteiger partial charge on any atom is -0.497 e. The Morgan fingerprint density at radius 3 is 2.57 bits per heavy atom. The third-order valence-electron chi connectivity index (χ3n) is 5.21. The van der Waals surface area contributed by atoms with E-state index in [-0.39, 0.29) is 22.6 Å². The molecule has 2 aliphatic rings. The predicted molar refractivity (Wildman–Crippen MR) is 105 cm³/mol. The smallest absolute Gasteiger partial charge is 0.278 e. The first-order chi connectivity index (χ1) is 14.4. The van der Waals surface area contributed by atoms with Crippen molar-refractivity contribution >= 4 is 28.9 Å². The van der Waals surface area contributed by atoms with Crippen molar-refractivity contribution in [3.63, 3.8) is 0 Å². The summed E-state index contributed by atoms with van der Waals surface area (Å²) in [6, 6.07) is 9.22. The van der Waals surface area contributed by atoms with Crippen molar-refractivity contribution in [3.05, 3.63) is 57.6 Å². The molecule has 30 heavy (non-hydrogen) atoms. The van der Waals surface area contributed by atoms with Gasteiger partial charge in [0.25, 0.3) is 11.6 Å². The Bertz CT molecular complexity index is 1110. The van der Waals surface area contributed by atoms with Gasteiger partial charge < -0.3 is 14.3 Å². The van der Waals surface area contributed by atoms with Crippen molar-refractivity contribution < 1.29 is 28.8 Å². The number of nitro benzene ring substituents is 1. The third kappa shape index (κ3) is 2.76. The van der Waals surface area contributed by atoms with Crippen LogP contribution in [-0.4, -0.2) is 42.8 Å². The van der Waals surface area contributed by atoms with Gasteiger partial charge in [-0.25, -0.2) is 4.90 Å². The second-order valence-corrected chi connectivity index (χ2v) is 6.74. The first-order valence-corrected chi connectivity index (χ1v) is 8.97. The van der Waals surface area contributed by atoms with Crippen molar-refractivity contribution in [2.24, 2.45) is 11.1 Å². The molecule has 4 rings (SSSR count). The van der Waals surface area contributed by atoms with Gasteiger partial charge in [0.2, 0.25) is 12.0 Å². The molecule has 2 amide bonds. The van der Waals surface area contributed by atoms with Gasteiger partial charge in [0, 0.05) is 11.6 Å². The number of hydrogen-bond acceptors (Lipinski definition) is 8. The molecule has 2 aromatic rings. The maximum atomic E-state index is 13.3. The maximum absolute atomic E-state index is 13.3. The van der Waals surface area contributed by atoms with E-state index in [1.807, 2.05) is 0 Å². The van der Waals surface area contributed by atoms with Gasteiger partial charge in [-0.2, -0.15) is 0 Å². The number of methoxy groups -OCH3 is 2. The number of carbonyl (C=O) groups is 2. The second-order valence-electron chi connectivity index (χ2n) is 6.74. The lowest BCUT2D eigenvalue weighted by Gasteiger charge is -2.18. The summed E-state index contributed by atoms with van der Waals surface area (Å²) in [6.45, 7) is 1.49. The largest absolute Gasteiger partial charge is 0.497 e. The van der Waals surface area contributed by atoms with Crippen LogP contribution in [0.2, 0.25) is 0 Å². The van der Waals surface area contributed by atoms with Crippen LogP contribution in [0.4, 0.5) is 11.4 Å². The number of carbonyl (C=O) groups excluding carboxylic acids is 2. The second kappa shape index (κ2) is 7.14. The number of ether oxygens (including phenoxy) is 2. The topological polar surface area (TPSA) is 121 Å². The Morgan fingerprint density at radius 1 is 1.13 bits per heavy atom. The molecular formula is C20H17N3O7. The van der Waals surface area contributed by atoms with Crippen molar-refractivity contribution in [2.75, 3.05) is 19.1 Å². The van der Waals surface area contributed by atoms with Crippen LogP contribution in [0.5, 0.6) is 11.5 Å². The fourth-order valence-corrected chi connectivity index (χ4v) is 3.70. The quantitative estimate of drug-likeness (QED) is 0.420. The molecule has 0 N–H and O–H groups in total. The zero-order valence-corrected chi connectivity index (χ0v) is 16.3. The average Bonchev–Trinajstić information content (AvgIpc) is 3.28. The number of hydrogen-bond donors (Lipinski definition) is 0. The van der Waals surface area contributed by atoms with Crippen molar-refractivity contribution in [2.45, 2.75) is 13.0 Å². The zero-order chi connectivity index (χ0) is 21.6. The molecule has 0 bridgehead atoms. The molecule has 1 saturated heterocycles. The number of fused-ring (bicyclic) bond motifs is 1. The van der Waals surface area contributed by atoms with Crippen LogP contribution in [0.1, 0.15) is 11.1 Å². The molecule has 10 nitrogen and oxygen atoms in total. The number of anilines is 1. The summed E-state index contributed by atoms with van der Waals surface area (Å²) in [6.07, 6.45) is -1.15. The molecule has 2 aliphatic heterocycles. The molecule has 0 saturated carbocycles. The number of nitro groups is 1. The Kier molecular flexibility index (Phi) is 4.61. The number of oxime groups is 1. The summed E-state index contributed by atoms with van der Waals surface area (Å²) in [4.78, 5) is 43.2. The first-order valence-electron chi connectivity index (χ1n) is 8.97. The molecule has 0 aliphatic carbocycles. The van der Waals surface area contributed by atoms with E-state index in [9.17, 15) is 19.7 Å². The fraction of sp³-hybridized carbons (Fsp3) is 0.250. The van der Waals surface area contributed by atoms with Crippen LogP contribution in [0.15, 0.2) is 41.6 Å². The van der Waals surface area contributed by atoms with E-state index < -0.39 is 28.8 Å². The van der Waals surface area contributed by atoms with E-state index in [0.717, 1.165) is 4.90 Å². The molecule has 0 aromatic heterocycles. The monoisotopic (exact) mass is 411 g/mol. The summed E-state index contributed by atoms with van der Waals surface area (Å²) in [5.74, 6) is -1.26. The summed E-state index contributed by atoms with van der Waals surface area (Å²) in [5.41, 5.74) is 0.869. The normalized spacial score (nSPS) is 20.0. The molecule has 2 aromatic carbocycles. The molecule has 2 heterocycles. The van der Waals surface area contributed by atoms with E-state index in [0.29, 0.717) is 17.1 Å². The molecule has 0 unspecified atom stereocenters. The summed E-state index contributed by atoms with van der Waals surface area (Å²) in [7, 11) is 2.97. The number of nitrogens with zero attached hydrogens (tertiary/aromatic N) is 3. The average molecular weight is 411 g/mol. The van der Waals surface area contributed by atoms with E-state index in [1.165, 1.54) is 39.3 Å². The first kappa shape index (κ1) is 19.4. The minimum absolute atomic E-state index is 0.147. The lowest BCUT2D eigenvalue weighted by molar-refractivity contribution is -0.385. The van der Waals surface area contributed by atoms with Crippen LogP contribution in [0, 0.1) is 23.0 Å². The number of imide groups is 1. The molecule has 1 fully saturated rings. The Morgan fingerprint density at radius 2 is 1.90 bits per heavy atom. The zero-order valence-electron chi connectivity index (χ0n) is 16.3. The van der Waals surface area contributed by atoms with E-state index >= 15 is 0 Å². The van der Waals surface area contributed by atoms with E-state index in [4.69, 9.17) is 14.3 Å². The maximum Gasteiger partial charge on any atom is 0.278 e. The molecular weight excluding hydrogens is 394 g/mol. The van der Waals surface area contributed by atoms with Crippen molar-refractivity contribution in [1.82, 2.24) is 0 Å². The Balaban J connectivity index is 1.77. The predicted octanol–water partition coefficient (Wildman–Crippen LogP) is 2.21. The lowest BCUT2D eigenvalue weighted by atomic mass is 9.93. The van der Waals surface area contributed by atoms with Gasteiger partial charge in [0.15, 0.2) is 0 Å². The van der Waals surface area contributed by atoms with Crippen LogP contribution in [0.3, 0.4) is 0 Å². The van der Waals surface area contributed by atoms with Crippen LogP contribution >= 0.6 is 0 Å². The summed E-state index contributed by atoms with van der Waals surface area (Å²) in [5, 5.41) is 15.2. The third-order valence-corrected chi connectivity index (χ3v) is 5.21. The highest BCUT2D eigenvalue weighted by molar-refractivity contribution is 6.33. The summed E-state index contributed by atoms with van der Waals surface area (Å²) < 4.78 is 10.6. The van der Waals surface area contributed by atoms with Gasteiger partial charge in [-0.3, -0.25) is 19.7 Å². The van der Waals surface area contributed by atoms with Crippen LogP contribution < -0.4 is 14.4 Å². The van der Waals surface area contributed by atoms with E-state index in [2.05, 4.69) is 5.16 Å². The molecule has 10 heteroatoms. The Hall–Kier alpha value is -3.95. The number of benzene rings is 2. The molecule has 154 valence electrons. The molecule has 2 atom stereocenters. The summed E-state index contributed by atoms with van der Waals surface area (Å²) >= 11 is 0. The number of rotatable bonds is 5. The van der Waals surface area contributed by atoms with Crippen LogP contribution in [-0.2, 0) is 14.4 Å². The highest BCUT2D eigenvalue weighted by Gasteiger charge is 2.57. The van der Waals surface area contributed by atoms with Gasteiger partial charge in [0.1, 0.15) is 23.1 Å². The van der Waals surface area contributed by atoms with Gasteiger partial charge >= 0.3 is 0 Å². The Labute approximate surface area is 170 Å². The van der Waals surface area contributed by atoms with Gasteiger partial charge in [-0.1, -0.05) is 11.2 Å². The van der Waals surface area contributed by atoms with Crippen molar-refractivity contribution in [3.8, 4) is 11.5 Å².